The highest BCUT2D eigenvalue weighted by Gasteiger charge is 2.14. The van der Waals surface area contributed by atoms with Crippen molar-refractivity contribution in [1.29, 1.82) is 0 Å². The molecule has 20 heavy (non-hydrogen) atoms. The summed E-state index contributed by atoms with van der Waals surface area (Å²) in [5, 5.41) is 11.7. The Morgan fingerprint density at radius 2 is 2.15 bits per heavy atom. The summed E-state index contributed by atoms with van der Waals surface area (Å²) in [7, 11) is 1.40. The number of nitrogens with zero attached hydrogens (tertiary/aromatic N) is 4. The van der Waals surface area contributed by atoms with Crippen LogP contribution in [0.3, 0.4) is 0 Å². The molecule has 0 aliphatic rings. The number of aromatic nitrogens is 4. The Bertz CT molecular complexity index is 559. The Balaban J connectivity index is 1.95. The van der Waals surface area contributed by atoms with Crippen LogP contribution >= 0.6 is 11.8 Å². The molecule has 1 aromatic carbocycles. The Kier molecular flexibility index (Phi) is 5.11. The Morgan fingerprint density at radius 1 is 1.40 bits per heavy atom. The molecule has 0 bridgehead atoms. The molecule has 1 unspecified atom stereocenters. The number of carbonyl (C=O) groups is 1. The first-order valence-corrected chi connectivity index (χ1v) is 7.36. The van der Waals surface area contributed by atoms with Crippen LogP contribution in [0, 0.1) is 5.92 Å². The summed E-state index contributed by atoms with van der Waals surface area (Å²) < 4.78 is 6.40. The average molecular weight is 292 g/mol. The van der Waals surface area contributed by atoms with Gasteiger partial charge in [-0.1, -0.05) is 25.1 Å². The Labute approximate surface area is 121 Å². The molecule has 1 heterocycles. The number of esters is 1. The molecule has 106 valence electrons. The lowest BCUT2D eigenvalue weighted by atomic mass is 10.2. The number of benzene rings is 1. The van der Waals surface area contributed by atoms with Crippen LogP contribution in [0.25, 0.3) is 5.69 Å². The molecule has 0 N–H and O–H groups in total. The van der Waals surface area contributed by atoms with E-state index in [0.29, 0.717) is 11.5 Å². The van der Waals surface area contributed by atoms with Crippen LogP contribution in [-0.2, 0) is 15.3 Å². The van der Waals surface area contributed by atoms with Crippen LogP contribution in [0.1, 0.15) is 12.7 Å². The van der Waals surface area contributed by atoms with E-state index in [1.165, 1.54) is 7.11 Å². The van der Waals surface area contributed by atoms with Gasteiger partial charge in [0.05, 0.1) is 24.5 Å². The normalized spacial score (nSPS) is 12.1. The van der Waals surface area contributed by atoms with Gasteiger partial charge >= 0.3 is 5.97 Å². The SMILES string of the molecule is COC(=O)C(C)CSCc1nnnn1-c1ccccc1. The second-order valence-electron chi connectivity index (χ2n) is 4.28. The molecular formula is C13H16N4O2S. The van der Waals surface area contributed by atoms with Gasteiger partial charge in [0.2, 0.25) is 0 Å². The molecule has 2 rings (SSSR count). The zero-order valence-electron chi connectivity index (χ0n) is 11.4. The van der Waals surface area contributed by atoms with E-state index < -0.39 is 0 Å². The molecule has 0 radical (unpaired) electrons. The summed E-state index contributed by atoms with van der Waals surface area (Å²) in [6, 6.07) is 9.71. The highest BCUT2D eigenvalue weighted by molar-refractivity contribution is 7.98. The standard InChI is InChI=1S/C13H16N4O2S/c1-10(13(18)19-2)8-20-9-12-14-15-16-17(12)11-6-4-3-5-7-11/h3-7,10H,8-9H2,1-2H3. The van der Waals surface area contributed by atoms with Crippen molar-refractivity contribution in [3.8, 4) is 5.69 Å². The molecule has 0 amide bonds. The summed E-state index contributed by atoms with van der Waals surface area (Å²) >= 11 is 1.61. The van der Waals surface area contributed by atoms with Crippen molar-refractivity contribution in [1.82, 2.24) is 20.2 Å². The van der Waals surface area contributed by atoms with E-state index in [1.54, 1.807) is 16.4 Å². The van der Waals surface area contributed by atoms with Crippen LogP contribution < -0.4 is 0 Å². The zero-order chi connectivity index (χ0) is 14.4. The fourth-order valence-electron chi connectivity index (χ4n) is 1.66. The van der Waals surface area contributed by atoms with Crippen LogP contribution in [0.2, 0.25) is 0 Å². The summed E-state index contributed by atoms with van der Waals surface area (Å²) in [5.41, 5.74) is 0.925. The van der Waals surface area contributed by atoms with E-state index in [2.05, 4.69) is 15.5 Å². The first kappa shape index (κ1) is 14.5. The van der Waals surface area contributed by atoms with E-state index in [0.717, 1.165) is 11.5 Å². The zero-order valence-corrected chi connectivity index (χ0v) is 12.2. The van der Waals surface area contributed by atoms with Gasteiger partial charge in [0.25, 0.3) is 0 Å². The highest BCUT2D eigenvalue weighted by Crippen LogP contribution is 2.16. The van der Waals surface area contributed by atoms with Crippen molar-refractivity contribution in [2.75, 3.05) is 12.9 Å². The summed E-state index contributed by atoms with van der Waals surface area (Å²) in [5.74, 6) is 1.75. The molecular weight excluding hydrogens is 276 g/mol. The molecule has 0 saturated carbocycles. The number of hydrogen-bond donors (Lipinski definition) is 0. The second kappa shape index (κ2) is 7.04. The lowest BCUT2D eigenvalue weighted by Crippen LogP contribution is -2.15. The van der Waals surface area contributed by atoms with Gasteiger partial charge in [-0.05, 0) is 22.6 Å². The average Bonchev–Trinajstić information content (AvgIpc) is 2.95. The minimum absolute atomic E-state index is 0.133. The number of hydrogen-bond acceptors (Lipinski definition) is 6. The predicted molar refractivity (Wildman–Crippen MR) is 76.5 cm³/mol. The molecule has 2 aromatic rings. The van der Waals surface area contributed by atoms with Gasteiger partial charge in [-0.15, -0.1) is 5.10 Å². The molecule has 7 heteroatoms. The van der Waals surface area contributed by atoms with E-state index in [1.807, 2.05) is 37.3 Å². The number of ether oxygens (including phenoxy) is 1. The van der Waals surface area contributed by atoms with Gasteiger partial charge in [-0.25, -0.2) is 0 Å². The fraction of sp³-hybridized carbons (Fsp3) is 0.385. The second-order valence-corrected chi connectivity index (χ2v) is 5.31. The van der Waals surface area contributed by atoms with Crippen molar-refractivity contribution in [2.45, 2.75) is 12.7 Å². The number of carbonyl (C=O) groups excluding carboxylic acids is 1. The molecule has 0 spiro atoms. The maximum absolute atomic E-state index is 11.3. The van der Waals surface area contributed by atoms with Crippen molar-refractivity contribution in [2.24, 2.45) is 5.92 Å². The Morgan fingerprint density at radius 3 is 2.85 bits per heavy atom. The van der Waals surface area contributed by atoms with Crippen LogP contribution in [0.4, 0.5) is 0 Å². The van der Waals surface area contributed by atoms with Crippen molar-refractivity contribution < 1.29 is 9.53 Å². The van der Waals surface area contributed by atoms with E-state index in [9.17, 15) is 4.79 Å². The molecule has 1 aromatic heterocycles. The molecule has 6 nitrogen and oxygen atoms in total. The third kappa shape index (κ3) is 3.57. The van der Waals surface area contributed by atoms with Crippen LogP contribution in [0.5, 0.6) is 0 Å². The number of thioether (sulfide) groups is 1. The maximum atomic E-state index is 11.3. The van der Waals surface area contributed by atoms with Gasteiger partial charge in [-0.2, -0.15) is 16.4 Å². The maximum Gasteiger partial charge on any atom is 0.309 e. The van der Waals surface area contributed by atoms with Crippen LogP contribution in [0.15, 0.2) is 30.3 Å². The van der Waals surface area contributed by atoms with Crippen LogP contribution in [-0.4, -0.2) is 39.0 Å². The monoisotopic (exact) mass is 292 g/mol. The number of rotatable bonds is 6. The smallest absolute Gasteiger partial charge is 0.309 e. The summed E-state index contributed by atoms with van der Waals surface area (Å²) in [4.78, 5) is 11.3. The van der Waals surface area contributed by atoms with E-state index in [4.69, 9.17) is 4.74 Å². The van der Waals surface area contributed by atoms with Gasteiger partial charge in [0.1, 0.15) is 0 Å². The van der Waals surface area contributed by atoms with Crippen molar-refractivity contribution in [3.63, 3.8) is 0 Å². The molecule has 0 fully saturated rings. The van der Waals surface area contributed by atoms with Crippen molar-refractivity contribution >= 4 is 17.7 Å². The third-order valence-corrected chi connectivity index (χ3v) is 3.94. The van der Waals surface area contributed by atoms with Gasteiger partial charge in [-0.3, -0.25) is 4.79 Å². The molecule has 0 saturated heterocycles. The number of methoxy groups -OCH3 is 1. The topological polar surface area (TPSA) is 69.9 Å². The first-order valence-electron chi connectivity index (χ1n) is 6.20. The van der Waals surface area contributed by atoms with E-state index >= 15 is 0 Å². The number of tetrazole rings is 1. The first-order chi connectivity index (χ1) is 9.72. The highest BCUT2D eigenvalue weighted by atomic mass is 32.2. The largest absolute Gasteiger partial charge is 0.469 e. The van der Waals surface area contributed by atoms with E-state index in [-0.39, 0.29) is 11.9 Å². The number of para-hydroxylation sites is 1. The lowest BCUT2D eigenvalue weighted by Gasteiger charge is -2.08. The quantitative estimate of drug-likeness (QED) is 0.755. The fourth-order valence-corrected chi connectivity index (χ4v) is 2.63. The summed E-state index contributed by atoms with van der Waals surface area (Å²) in [6.07, 6.45) is 0. The lowest BCUT2D eigenvalue weighted by molar-refractivity contribution is -0.143. The molecule has 0 aliphatic carbocycles. The van der Waals surface area contributed by atoms with Crippen molar-refractivity contribution in [3.05, 3.63) is 36.2 Å². The van der Waals surface area contributed by atoms with Gasteiger partial charge in [0.15, 0.2) is 5.82 Å². The molecule has 0 aliphatic heterocycles. The summed E-state index contributed by atoms with van der Waals surface area (Å²) in [6.45, 7) is 1.85. The molecule has 1 atom stereocenters. The Hall–Kier alpha value is -1.89. The third-order valence-electron chi connectivity index (χ3n) is 2.74. The van der Waals surface area contributed by atoms with Gasteiger partial charge < -0.3 is 4.74 Å². The van der Waals surface area contributed by atoms with Gasteiger partial charge in [0, 0.05) is 5.75 Å². The minimum atomic E-state index is -0.194. The minimum Gasteiger partial charge on any atom is -0.469 e. The predicted octanol–water partition coefficient (Wildman–Crippen LogP) is 1.70.